The van der Waals surface area contributed by atoms with E-state index < -0.39 is 0 Å². The first-order valence-corrected chi connectivity index (χ1v) is 5.31. The van der Waals surface area contributed by atoms with Crippen molar-refractivity contribution in [2.75, 3.05) is 0 Å². The Balaban J connectivity index is 2.11. The zero-order valence-electron chi connectivity index (χ0n) is 7.81. The summed E-state index contributed by atoms with van der Waals surface area (Å²) in [5.74, 6) is 0. The van der Waals surface area contributed by atoms with Gasteiger partial charge in [0.2, 0.25) is 0 Å². The summed E-state index contributed by atoms with van der Waals surface area (Å²) in [5, 5.41) is 0. The van der Waals surface area contributed by atoms with Gasteiger partial charge in [-0.2, -0.15) is 0 Å². The predicted octanol–water partition coefficient (Wildman–Crippen LogP) is 3.99. The Morgan fingerprint density at radius 2 is 1.17 bits per heavy atom. The molecule has 0 N–H and O–H groups in total. The van der Waals surface area contributed by atoms with Gasteiger partial charge in [-0.1, -0.05) is 23.3 Å². The molecule has 0 nitrogen and oxygen atoms in total. The van der Waals surface area contributed by atoms with Gasteiger partial charge in [0, 0.05) is 0 Å². The summed E-state index contributed by atoms with van der Waals surface area (Å²) in [6, 6.07) is 0. The summed E-state index contributed by atoms with van der Waals surface area (Å²) in [4.78, 5) is 0. The van der Waals surface area contributed by atoms with Gasteiger partial charge in [0.05, 0.1) is 0 Å². The molecule has 0 saturated heterocycles. The number of hydrogen-bond acceptors (Lipinski definition) is 0. The lowest BCUT2D eigenvalue weighted by Crippen LogP contribution is -1.97. The minimum absolute atomic E-state index is 1.29. The van der Waals surface area contributed by atoms with Gasteiger partial charge in [-0.15, -0.1) is 0 Å². The summed E-state index contributed by atoms with van der Waals surface area (Å²) in [6.45, 7) is 0. The number of hydrogen-bond donors (Lipinski definition) is 0. The van der Waals surface area contributed by atoms with E-state index in [9.17, 15) is 0 Å². The monoisotopic (exact) mass is 162 g/mol. The molecule has 0 amide bonds. The number of rotatable bonds is 0. The molecule has 0 radical (unpaired) electrons. The van der Waals surface area contributed by atoms with Crippen LogP contribution in [-0.2, 0) is 0 Å². The third-order valence-corrected chi connectivity index (χ3v) is 3.05. The molecule has 0 aromatic heterocycles. The van der Waals surface area contributed by atoms with Gasteiger partial charge in [0.1, 0.15) is 0 Å². The van der Waals surface area contributed by atoms with Crippen LogP contribution >= 0.6 is 0 Å². The molecule has 2 aliphatic rings. The highest BCUT2D eigenvalue weighted by molar-refractivity contribution is 5.13. The Hall–Kier alpha value is -0.520. The van der Waals surface area contributed by atoms with Crippen LogP contribution < -0.4 is 0 Å². The standard InChI is InChI=1S/C12H18/c1-2-6-12-8-4-3-7-11(5-1)9-10-12/h5-6H,1-4,7-10H2. The van der Waals surface area contributed by atoms with Crippen molar-refractivity contribution in [1.29, 1.82) is 0 Å². The normalized spacial score (nSPS) is 24.7. The van der Waals surface area contributed by atoms with E-state index in [4.69, 9.17) is 0 Å². The third-order valence-electron chi connectivity index (χ3n) is 3.05. The van der Waals surface area contributed by atoms with Crippen LogP contribution in [0, 0.1) is 0 Å². The molecule has 0 atom stereocenters. The van der Waals surface area contributed by atoms with E-state index in [0.29, 0.717) is 0 Å². The van der Waals surface area contributed by atoms with Crippen LogP contribution in [0.2, 0.25) is 0 Å². The average Bonchev–Trinajstić information content (AvgIpc) is 2.03. The van der Waals surface area contributed by atoms with Crippen LogP contribution in [0.1, 0.15) is 51.4 Å². The second kappa shape index (κ2) is 3.93. The van der Waals surface area contributed by atoms with Crippen LogP contribution in [0.5, 0.6) is 0 Å². The van der Waals surface area contributed by atoms with Crippen molar-refractivity contribution in [3.05, 3.63) is 23.3 Å². The SMILES string of the molecule is C1=C2CCCCC(=CCC1)CC2. The van der Waals surface area contributed by atoms with Crippen LogP contribution in [0.25, 0.3) is 0 Å². The quantitative estimate of drug-likeness (QED) is 0.472. The maximum absolute atomic E-state index is 2.48. The van der Waals surface area contributed by atoms with E-state index in [2.05, 4.69) is 12.2 Å². The van der Waals surface area contributed by atoms with E-state index in [-0.39, 0.29) is 0 Å². The zero-order chi connectivity index (χ0) is 8.23. The molecule has 12 heavy (non-hydrogen) atoms. The average molecular weight is 162 g/mol. The van der Waals surface area contributed by atoms with E-state index in [1.807, 2.05) is 0 Å². The fourth-order valence-corrected chi connectivity index (χ4v) is 2.26. The Labute approximate surface area is 75.4 Å². The predicted molar refractivity (Wildman–Crippen MR) is 53.1 cm³/mol. The lowest BCUT2D eigenvalue weighted by atomic mass is 9.89. The highest BCUT2D eigenvalue weighted by atomic mass is 14.1. The first-order valence-electron chi connectivity index (χ1n) is 5.31. The molecule has 0 aliphatic heterocycles. The maximum Gasteiger partial charge on any atom is -0.0283 e. The summed E-state index contributed by atoms with van der Waals surface area (Å²) in [7, 11) is 0. The molecule has 2 rings (SSSR count). The number of allylic oxidation sites excluding steroid dienone is 4. The van der Waals surface area contributed by atoms with E-state index in [1.54, 1.807) is 11.1 Å². The van der Waals surface area contributed by atoms with Gasteiger partial charge in [-0.25, -0.2) is 0 Å². The molecular formula is C12H18. The highest BCUT2D eigenvalue weighted by Crippen LogP contribution is 2.28. The molecule has 2 bridgehead atoms. The molecule has 2 aliphatic carbocycles. The Morgan fingerprint density at radius 3 is 1.67 bits per heavy atom. The van der Waals surface area contributed by atoms with Crippen LogP contribution in [0.4, 0.5) is 0 Å². The summed E-state index contributed by atoms with van der Waals surface area (Å²) < 4.78 is 0. The molecule has 1 saturated carbocycles. The topological polar surface area (TPSA) is 0 Å². The zero-order valence-corrected chi connectivity index (χ0v) is 7.81. The van der Waals surface area contributed by atoms with E-state index in [1.165, 1.54) is 51.4 Å². The molecule has 0 unspecified atom stereocenters. The van der Waals surface area contributed by atoms with Crippen molar-refractivity contribution in [2.24, 2.45) is 0 Å². The summed E-state index contributed by atoms with van der Waals surface area (Å²) in [5.41, 5.74) is 3.47. The van der Waals surface area contributed by atoms with Gasteiger partial charge in [0.15, 0.2) is 0 Å². The van der Waals surface area contributed by atoms with Crippen molar-refractivity contribution >= 4 is 0 Å². The first kappa shape index (κ1) is 8.10. The summed E-state index contributed by atoms with van der Waals surface area (Å²) >= 11 is 0. The van der Waals surface area contributed by atoms with Crippen molar-refractivity contribution < 1.29 is 0 Å². The Bertz CT molecular complexity index is 184. The van der Waals surface area contributed by atoms with Crippen molar-refractivity contribution in [2.45, 2.75) is 51.4 Å². The Kier molecular flexibility index (Phi) is 2.65. The second-order valence-electron chi connectivity index (χ2n) is 4.01. The molecular weight excluding hydrogens is 144 g/mol. The maximum atomic E-state index is 2.48. The second-order valence-corrected chi connectivity index (χ2v) is 4.01. The molecule has 0 aromatic carbocycles. The van der Waals surface area contributed by atoms with Gasteiger partial charge >= 0.3 is 0 Å². The fourth-order valence-electron chi connectivity index (χ4n) is 2.26. The van der Waals surface area contributed by atoms with E-state index >= 15 is 0 Å². The summed E-state index contributed by atoms with van der Waals surface area (Å²) in [6.07, 6.45) is 15.9. The van der Waals surface area contributed by atoms with Gasteiger partial charge in [-0.05, 0) is 51.4 Å². The molecule has 0 heteroatoms. The Morgan fingerprint density at radius 1 is 0.667 bits per heavy atom. The molecule has 0 heterocycles. The van der Waals surface area contributed by atoms with Gasteiger partial charge < -0.3 is 0 Å². The molecule has 66 valence electrons. The number of fused-ring (bicyclic) bond motifs is 3. The highest BCUT2D eigenvalue weighted by Gasteiger charge is 2.08. The van der Waals surface area contributed by atoms with Crippen LogP contribution in [0.3, 0.4) is 0 Å². The van der Waals surface area contributed by atoms with Gasteiger partial charge in [0.25, 0.3) is 0 Å². The fraction of sp³-hybridized carbons (Fsp3) is 0.667. The van der Waals surface area contributed by atoms with Crippen molar-refractivity contribution in [1.82, 2.24) is 0 Å². The third kappa shape index (κ3) is 2.00. The lowest BCUT2D eigenvalue weighted by Gasteiger charge is -2.17. The molecule has 0 aromatic rings. The van der Waals surface area contributed by atoms with Crippen molar-refractivity contribution in [3.63, 3.8) is 0 Å². The first-order chi connectivity index (χ1) is 5.95. The van der Waals surface area contributed by atoms with Crippen molar-refractivity contribution in [3.8, 4) is 0 Å². The van der Waals surface area contributed by atoms with Crippen LogP contribution in [-0.4, -0.2) is 0 Å². The molecule has 1 fully saturated rings. The lowest BCUT2D eigenvalue weighted by molar-refractivity contribution is 0.641. The smallest absolute Gasteiger partial charge is 0.0283 e. The molecule has 0 spiro atoms. The largest absolute Gasteiger partial charge is 0.0850 e. The van der Waals surface area contributed by atoms with Gasteiger partial charge in [-0.3, -0.25) is 0 Å². The van der Waals surface area contributed by atoms with E-state index in [0.717, 1.165) is 0 Å². The van der Waals surface area contributed by atoms with Crippen LogP contribution in [0.15, 0.2) is 23.3 Å². The minimum Gasteiger partial charge on any atom is -0.0850 e. The minimum atomic E-state index is 1.29.